The maximum Gasteiger partial charge on any atom is 0.251 e. The number of hydrogen-bond donors (Lipinski definition) is 1. The molecule has 1 saturated heterocycles. The number of halogens is 1. The van der Waals surface area contributed by atoms with Gasteiger partial charge in [0.25, 0.3) is 5.91 Å². The summed E-state index contributed by atoms with van der Waals surface area (Å²) in [5, 5.41) is 5.03. The zero-order valence-corrected chi connectivity index (χ0v) is 17.6. The Hall–Kier alpha value is -2.93. The molecule has 1 amide bonds. The zero-order chi connectivity index (χ0) is 20.9. The molecule has 1 aliphatic rings. The van der Waals surface area contributed by atoms with Crippen molar-refractivity contribution in [1.29, 1.82) is 0 Å². The molecular formula is C23H24FN3O2S. The summed E-state index contributed by atoms with van der Waals surface area (Å²) in [4.78, 5) is 19.0. The van der Waals surface area contributed by atoms with Gasteiger partial charge in [0.1, 0.15) is 18.2 Å². The number of benzene rings is 2. The lowest BCUT2D eigenvalue weighted by molar-refractivity contribution is 0.0932. The van der Waals surface area contributed by atoms with E-state index in [0.29, 0.717) is 30.2 Å². The van der Waals surface area contributed by atoms with Gasteiger partial charge in [0, 0.05) is 30.1 Å². The SMILES string of the molecule is Cc1ccc(F)c(N2CCCC(NC(=O)c3cccc(OCc4cscn4)c3)C2)c1. The first-order valence-electron chi connectivity index (χ1n) is 10.0. The second-order valence-electron chi connectivity index (χ2n) is 7.51. The van der Waals surface area contributed by atoms with Crippen LogP contribution in [0.2, 0.25) is 0 Å². The highest BCUT2D eigenvalue weighted by molar-refractivity contribution is 7.07. The standard InChI is InChI=1S/C23H24FN3O2S/c1-16-7-8-21(24)22(10-16)27-9-3-5-18(12-27)26-23(28)17-4-2-6-20(11-17)29-13-19-14-30-15-25-19/h2,4,6-8,10-11,14-15,18H,3,5,9,12-13H2,1H3,(H,26,28). The highest BCUT2D eigenvalue weighted by Crippen LogP contribution is 2.25. The Bertz CT molecular complexity index is 1010. The van der Waals surface area contributed by atoms with Crippen LogP contribution in [0.25, 0.3) is 0 Å². The van der Waals surface area contributed by atoms with Crippen molar-refractivity contribution in [2.24, 2.45) is 0 Å². The fourth-order valence-electron chi connectivity index (χ4n) is 3.64. The van der Waals surface area contributed by atoms with Gasteiger partial charge in [-0.1, -0.05) is 12.1 Å². The van der Waals surface area contributed by atoms with Crippen LogP contribution in [0.15, 0.2) is 53.4 Å². The van der Waals surface area contributed by atoms with E-state index in [4.69, 9.17) is 4.74 Å². The first-order valence-corrected chi connectivity index (χ1v) is 10.9. The molecule has 0 spiro atoms. The third-order valence-corrected chi connectivity index (χ3v) is 5.80. The molecule has 1 fully saturated rings. The van der Waals surface area contributed by atoms with Crippen molar-refractivity contribution >= 4 is 22.9 Å². The van der Waals surface area contributed by atoms with E-state index in [0.717, 1.165) is 30.6 Å². The number of rotatable bonds is 6. The van der Waals surface area contributed by atoms with Gasteiger partial charge in [0.05, 0.1) is 16.9 Å². The second kappa shape index (κ2) is 9.26. The van der Waals surface area contributed by atoms with Gasteiger partial charge in [-0.25, -0.2) is 9.37 Å². The Kier molecular flexibility index (Phi) is 6.28. The Morgan fingerprint density at radius 1 is 1.33 bits per heavy atom. The molecule has 2 heterocycles. The summed E-state index contributed by atoms with van der Waals surface area (Å²) in [7, 11) is 0. The predicted octanol–water partition coefficient (Wildman–Crippen LogP) is 4.57. The number of ether oxygens (including phenoxy) is 1. The minimum absolute atomic E-state index is 0.0363. The van der Waals surface area contributed by atoms with Crippen LogP contribution in [0.4, 0.5) is 10.1 Å². The van der Waals surface area contributed by atoms with Gasteiger partial charge >= 0.3 is 0 Å². The molecule has 1 N–H and O–H groups in total. The molecule has 7 heteroatoms. The van der Waals surface area contributed by atoms with Gasteiger partial charge in [0.2, 0.25) is 0 Å². The van der Waals surface area contributed by atoms with Crippen molar-refractivity contribution in [2.45, 2.75) is 32.4 Å². The minimum Gasteiger partial charge on any atom is -0.487 e. The Labute approximate surface area is 179 Å². The van der Waals surface area contributed by atoms with E-state index in [1.54, 1.807) is 29.8 Å². The smallest absolute Gasteiger partial charge is 0.251 e. The molecule has 2 aromatic carbocycles. The molecule has 0 saturated carbocycles. The first kappa shape index (κ1) is 20.3. The van der Waals surface area contributed by atoms with Crippen molar-refractivity contribution in [3.63, 3.8) is 0 Å². The Morgan fingerprint density at radius 3 is 3.07 bits per heavy atom. The lowest BCUT2D eigenvalue weighted by atomic mass is 10.0. The summed E-state index contributed by atoms with van der Waals surface area (Å²) in [6, 6.07) is 12.2. The number of aryl methyl sites for hydroxylation is 1. The second-order valence-corrected chi connectivity index (χ2v) is 8.23. The van der Waals surface area contributed by atoms with E-state index in [2.05, 4.69) is 10.3 Å². The average molecular weight is 426 g/mol. The van der Waals surface area contributed by atoms with Crippen molar-refractivity contribution in [1.82, 2.24) is 10.3 Å². The summed E-state index contributed by atoms with van der Waals surface area (Å²) in [6.45, 7) is 3.70. The topological polar surface area (TPSA) is 54.5 Å². The number of carbonyl (C=O) groups excluding carboxylic acids is 1. The van der Waals surface area contributed by atoms with E-state index < -0.39 is 0 Å². The molecule has 156 valence electrons. The minimum atomic E-state index is -0.225. The molecule has 5 nitrogen and oxygen atoms in total. The maximum absolute atomic E-state index is 14.3. The summed E-state index contributed by atoms with van der Waals surface area (Å²) in [6.07, 6.45) is 1.77. The van der Waals surface area contributed by atoms with Gasteiger partial charge in [-0.05, 0) is 55.7 Å². The van der Waals surface area contributed by atoms with Gasteiger partial charge in [-0.3, -0.25) is 4.79 Å². The molecule has 3 aromatic rings. The molecule has 30 heavy (non-hydrogen) atoms. The molecule has 0 bridgehead atoms. The largest absolute Gasteiger partial charge is 0.487 e. The molecule has 0 radical (unpaired) electrons. The molecule has 4 rings (SSSR count). The number of nitrogens with zero attached hydrogens (tertiary/aromatic N) is 2. The predicted molar refractivity (Wildman–Crippen MR) is 117 cm³/mol. The normalized spacial score (nSPS) is 16.3. The van der Waals surface area contributed by atoms with Crippen molar-refractivity contribution in [2.75, 3.05) is 18.0 Å². The first-order chi connectivity index (χ1) is 14.6. The Morgan fingerprint density at radius 2 is 2.23 bits per heavy atom. The number of anilines is 1. The number of hydrogen-bond acceptors (Lipinski definition) is 5. The number of carbonyl (C=O) groups is 1. The van der Waals surface area contributed by atoms with E-state index in [1.807, 2.05) is 29.3 Å². The lowest BCUT2D eigenvalue weighted by Gasteiger charge is -2.35. The number of amides is 1. The van der Waals surface area contributed by atoms with Crippen molar-refractivity contribution in [3.05, 3.63) is 76.0 Å². The van der Waals surface area contributed by atoms with Crippen LogP contribution >= 0.6 is 11.3 Å². The van der Waals surface area contributed by atoms with Crippen LogP contribution in [0.5, 0.6) is 5.75 Å². The van der Waals surface area contributed by atoms with Crippen LogP contribution in [-0.2, 0) is 6.61 Å². The monoisotopic (exact) mass is 425 g/mol. The summed E-state index contributed by atoms with van der Waals surface area (Å²) >= 11 is 1.52. The maximum atomic E-state index is 14.3. The van der Waals surface area contributed by atoms with Crippen LogP contribution in [-0.4, -0.2) is 30.0 Å². The van der Waals surface area contributed by atoms with Crippen LogP contribution in [0.3, 0.4) is 0 Å². The van der Waals surface area contributed by atoms with Crippen molar-refractivity contribution in [3.8, 4) is 5.75 Å². The average Bonchev–Trinajstić information content (AvgIpc) is 3.28. The third-order valence-electron chi connectivity index (χ3n) is 5.17. The fraction of sp³-hybridized carbons (Fsp3) is 0.304. The highest BCUT2D eigenvalue weighted by Gasteiger charge is 2.24. The van der Waals surface area contributed by atoms with Gasteiger partial charge in [-0.15, -0.1) is 11.3 Å². The number of thiazole rings is 1. The number of nitrogens with one attached hydrogen (secondary N) is 1. The summed E-state index contributed by atoms with van der Waals surface area (Å²) < 4.78 is 20.0. The third kappa shape index (κ3) is 4.97. The zero-order valence-electron chi connectivity index (χ0n) is 16.8. The Balaban J connectivity index is 1.38. The number of aromatic nitrogens is 1. The quantitative estimate of drug-likeness (QED) is 0.629. The highest BCUT2D eigenvalue weighted by atomic mass is 32.1. The molecule has 1 aliphatic heterocycles. The van der Waals surface area contributed by atoms with Gasteiger partial charge < -0.3 is 15.0 Å². The molecule has 0 aliphatic carbocycles. The van der Waals surface area contributed by atoms with E-state index >= 15 is 0 Å². The van der Waals surface area contributed by atoms with E-state index in [1.165, 1.54) is 17.4 Å². The van der Waals surface area contributed by atoms with E-state index in [9.17, 15) is 9.18 Å². The lowest BCUT2D eigenvalue weighted by Crippen LogP contribution is -2.48. The van der Waals surface area contributed by atoms with Gasteiger partial charge in [-0.2, -0.15) is 0 Å². The fourth-order valence-corrected chi connectivity index (χ4v) is 4.18. The van der Waals surface area contributed by atoms with Crippen LogP contribution in [0, 0.1) is 12.7 Å². The van der Waals surface area contributed by atoms with Crippen LogP contribution < -0.4 is 15.0 Å². The summed E-state index contributed by atoms with van der Waals surface area (Å²) in [5.41, 5.74) is 4.79. The molecule has 1 unspecified atom stereocenters. The van der Waals surface area contributed by atoms with Crippen LogP contribution in [0.1, 0.15) is 34.5 Å². The van der Waals surface area contributed by atoms with Gasteiger partial charge in [0.15, 0.2) is 0 Å². The molecule has 1 atom stereocenters. The van der Waals surface area contributed by atoms with E-state index in [-0.39, 0.29) is 17.8 Å². The molecule has 1 aromatic heterocycles. The summed E-state index contributed by atoms with van der Waals surface area (Å²) in [5.74, 6) is 0.256. The number of piperidine rings is 1. The van der Waals surface area contributed by atoms with Crippen molar-refractivity contribution < 1.29 is 13.9 Å². The molecular weight excluding hydrogens is 401 g/mol.